The molecule has 6 heteroatoms. The number of benzene rings is 2. The number of phenols is 1. The molecule has 0 aliphatic rings. The van der Waals surface area contributed by atoms with Crippen LogP contribution in [0.5, 0.6) is 5.75 Å². The van der Waals surface area contributed by atoms with E-state index in [4.69, 9.17) is 9.15 Å². The average Bonchev–Trinajstić information content (AvgIpc) is 2.67. The molecule has 28 heavy (non-hydrogen) atoms. The molecule has 1 aromatic heterocycles. The molecule has 0 amide bonds. The molecule has 0 bridgehead atoms. The van der Waals surface area contributed by atoms with Crippen LogP contribution < -0.4 is 10.9 Å². The predicted molar refractivity (Wildman–Crippen MR) is 114 cm³/mol. The lowest BCUT2D eigenvalue weighted by atomic mass is 9.98. The summed E-state index contributed by atoms with van der Waals surface area (Å²) in [4.78, 5) is 12.7. The van der Waals surface area contributed by atoms with Crippen molar-refractivity contribution in [1.82, 2.24) is 5.32 Å². The maximum absolute atomic E-state index is 12.7. The number of hydrogen-bond donors (Lipinski definition) is 2. The van der Waals surface area contributed by atoms with Crippen molar-refractivity contribution in [3.63, 3.8) is 0 Å². The fraction of sp³-hybridized carbons (Fsp3) is 0.318. The van der Waals surface area contributed by atoms with Crippen LogP contribution >= 0.6 is 12.4 Å². The third kappa shape index (κ3) is 4.93. The molecule has 0 radical (unpaired) electrons. The Hall–Kier alpha value is -2.34. The van der Waals surface area contributed by atoms with Gasteiger partial charge in [0.1, 0.15) is 11.3 Å². The van der Waals surface area contributed by atoms with Crippen molar-refractivity contribution < 1.29 is 14.3 Å². The summed E-state index contributed by atoms with van der Waals surface area (Å²) < 4.78 is 10.7. The van der Waals surface area contributed by atoms with Gasteiger partial charge < -0.3 is 19.6 Å². The summed E-state index contributed by atoms with van der Waals surface area (Å²) in [6, 6.07) is 13.3. The lowest BCUT2D eigenvalue weighted by Gasteiger charge is -2.13. The van der Waals surface area contributed by atoms with Gasteiger partial charge in [-0.15, -0.1) is 12.4 Å². The molecule has 0 saturated carbocycles. The Morgan fingerprint density at radius 1 is 1.11 bits per heavy atom. The van der Waals surface area contributed by atoms with E-state index in [-0.39, 0.29) is 23.8 Å². The molecule has 150 valence electrons. The van der Waals surface area contributed by atoms with E-state index in [0.717, 1.165) is 29.5 Å². The van der Waals surface area contributed by atoms with E-state index >= 15 is 0 Å². The van der Waals surface area contributed by atoms with E-state index in [9.17, 15) is 9.90 Å². The van der Waals surface area contributed by atoms with Gasteiger partial charge in [-0.3, -0.25) is 0 Å². The van der Waals surface area contributed by atoms with Crippen LogP contribution in [0.1, 0.15) is 28.7 Å². The number of fused-ring (bicyclic) bond motifs is 1. The second-order valence-electron chi connectivity index (χ2n) is 6.62. The number of halogens is 1. The number of aromatic hydroxyl groups is 1. The Bertz CT molecular complexity index is 970. The molecule has 0 spiro atoms. The molecule has 2 aromatic carbocycles. The van der Waals surface area contributed by atoms with Gasteiger partial charge in [-0.2, -0.15) is 0 Å². The van der Waals surface area contributed by atoms with Gasteiger partial charge in [0.15, 0.2) is 0 Å². The summed E-state index contributed by atoms with van der Waals surface area (Å²) in [7, 11) is 1.67. The van der Waals surface area contributed by atoms with Gasteiger partial charge in [0.25, 0.3) is 0 Å². The van der Waals surface area contributed by atoms with Gasteiger partial charge in [-0.25, -0.2) is 4.79 Å². The summed E-state index contributed by atoms with van der Waals surface area (Å²) in [5.74, 6) is 0.125. The quantitative estimate of drug-likeness (QED) is 0.440. The number of aryl methyl sites for hydroxylation is 1. The van der Waals surface area contributed by atoms with Crippen molar-refractivity contribution in [2.75, 3.05) is 20.3 Å². The SMILES string of the molecule is COCCCNCc1c(O)ccc2c(C)c(Cc3ccccc3)c(=O)oc12.Cl. The number of methoxy groups -OCH3 is 1. The normalized spacial score (nSPS) is 10.8. The Labute approximate surface area is 170 Å². The van der Waals surface area contributed by atoms with Crippen molar-refractivity contribution in [3.8, 4) is 5.75 Å². The Morgan fingerprint density at radius 2 is 1.86 bits per heavy atom. The van der Waals surface area contributed by atoms with E-state index in [2.05, 4.69) is 5.32 Å². The fourth-order valence-electron chi connectivity index (χ4n) is 3.23. The first-order valence-electron chi connectivity index (χ1n) is 9.12. The van der Waals surface area contributed by atoms with Gasteiger partial charge in [0, 0.05) is 37.6 Å². The number of nitrogens with one attached hydrogen (secondary N) is 1. The molecule has 0 aliphatic heterocycles. The third-order valence-electron chi connectivity index (χ3n) is 4.76. The highest BCUT2D eigenvalue weighted by Gasteiger charge is 2.16. The highest BCUT2D eigenvalue weighted by atomic mass is 35.5. The molecular weight excluding hydrogens is 378 g/mol. The molecular formula is C22H26ClNO4. The maximum Gasteiger partial charge on any atom is 0.340 e. The Morgan fingerprint density at radius 3 is 2.57 bits per heavy atom. The number of hydrogen-bond acceptors (Lipinski definition) is 5. The van der Waals surface area contributed by atoms with E-state index < -0.39 is 0 Å². The van der Waals surface area contributed by atoms with Crippen molar-refractivity contribution in [2.24, 2.45) is 0 Å². The molecule has 5 nitrogen and oxygen atoms in total. The number of rotatable bonds is 8. The zero-order chi connectivity index (χ0) is 19.2. The van der Waals surface area contributed by atoms with Gasteiger partial charge in [0.2, 0.25) is 0 Å². The fourth-order valence-corrected chi connectivity index (χ4v) is 3.23. The van der Waals surface area contributed by atoms with E-state index in [1.165, 1.54) is 0 Å². The predicted octanol–water partition coefficient (Wildman–Crippen LogP) is 3.95. The van der Waals surface area contributed by atoms with Crippen LogP contribution in [0.25, 0.3) is 11.0 Å². The van der Waals surface area contributed by atoms with Crippen LogP contribution in [0.15, 0.2) is 51.7 Å². The Kier molecular flexibility index (Phi) is 8.05. The van der Waals surface area contributed by atoms with E-state index in [0.29, 0.717) is 36.3 Å². The van der Waals surface area contributed by atoms with Crippen LogP contribution in [0, 0.1) is 6.92 Å². The monoisotopic (exact) mass is 403 g/mol. The van der Waals surface area contributed by atoms with Crippen LogP contribution in [-0.4, -0.2) is 25.4 Å². The first kappa shape index (κ1) is 22.0. The van der Waals surface area contributed by atoms with Crippen molar-refractivity contribution in [3.05, 3.63) is 75.1 Å². The second-order valence-corrected chi connectivity index (χ2v) is 6.62. The van der Waals surface area contributed by atoms with Crippen molar-refractivity contribution in [1.29, 1.82) is 0 Å². The van der Waals surface area contributed by atoms with Crippen LogP contribution in [0.3, 0.4) is 0 Å². The largest absolute Gasteiger partial charge is 0.507 e. The second kappa shape index (κ2) is 10.3. The maximum atomic E-state index is 12.7. The van der Waals surface area contributed by atoms with Gasteiger partial charge in [-0.1, -0.05) is 30.3 Å². The first-order valence-corrected chi connectivity index (χ1v) is 9.12. The molecule has 0 atom stereocenters. The molecule has 3 rings (SSSR count). The number of phenolic OH excluding ortho intramolecular Hbond substituents is 1. The summed E-state index contributed by atoms with van der Waals surface area (Å²) >= 11 is 0. The van der Waals surface area contributed by atoms with Gasteiger partial charge >= 0.3 is 5.63 Å². The minimum atomic E-state index is -0.352. The molecule has 0 saturated heterocycles. The first-order chi connectivity index (χ1) is 13.1. The highest BCUT2D eigenvalue weighted by molar-refractivity contribution is 5.86. The van der Waals surface area contributed by atoms with E-state index in [1.807, 2.05) is 43.3 Å². The topological polar surface area (TPSA) is 71.7 Å². The average molecular weight is 404 g/mol. The van der Waals surface area contributed by atoms with Crippen LogP contribution in [0.4, 0.5) is 0 Å². The molecule has 0 fully saturated rings. The van der Waals surface area contributed by atoms with Gasteiger partial charge in [-0.05, 0) is 43.1 Å². The molecule has 0 aliphatic carbocycles. The van der Waals surface area contributed by atoms with Crippen molar-refractivity contribution in [2.45, 2.75) is 26.3 Å². The number of ether oxygens (including phenoxy) is 1. The van der Waals surface area contributed by atoms with E-state index in [1.54, 1.807) is 13.2 Å². The van der Waals surface area contributed by atoms with Gasteiger partial charge in [0.05, 0.1) is 5.56 Å². The summed E-state index contributed by atoms with van der Waals surface area (Å²) in [5, 5.41) is 14.4. The lowest BCUT2D eigenvalue weighted by molar-refractivity contribution is 0.194. The van der Waals surface area contributed by atoms with Crippen LogP contribution in [0.2, 0.25) is 0 Å². The molecule has 2 N–H and O–H groups in total. The van der Waals surface area contributed by atoms with Crippen molar-refractivity contribution >= 4 is 23.4 Å². The standard InChI is InChI=1S/C22H25NO4.ClH/c1-15-17-9-10-20(24)19(14-23-11-6-12-26-2)21(17)27-22(25)18(15)13-16-7-4-3-5-8-16;/h3-5,7-10,23-24H,6,11-14H2,1-2H3;1H. The highest BCUT2D eigenvalue weighted by Crippen LogP contribution is 2.29. The molecule has 3 aromatic rings. The summed E-state index contributed by atoms with van der Waals surface area (Å²) in [6.45, 7) is 3.78. The minimum absolute atomic E-state index is 0. The zero-order valence-corrected chi connectivity index (χ0v) is 17.0. The van der Waals surface area contributed by atoms with Crippen LogP contribution in [-0.2, 0) is 17.7 Å². The Balaban J connectivity index is 0.00000280. The lowest BCUT2D eigenvalue weighted by Crippen LogP contribution is -2.17. The molecule has 1 heterocycles. The third-order valence-corrected chi connectivity index (χ3v) is 4.76. The smallest absolute Gasteiger partial charge is 0.340 e. The zero-order valence-electron chi connectivity index (χ0n) is 16.2. The molecule has 0 unspecified atom stereocenters. The minimum Gasteiger partial charge on any atom is -0.507 e. The summed E-state index contributed by atoms with van der Waals surface area (Å²) in [6.07, 6.45) is 1.39. The summed E-state index contributed by atoms with van der Waals surface area (Å²) in [5.41, 5.74) is 3.32.